The van der Waals surface area contributed by atoms with E-state index in [9.17, 15) is 31.2 Å². The number of nitro groups is 1. The summed E-state index contributed by atoms with van der Waals surface area (Å²) in [6.45, 7) is 0. The first-order valence-electron chi connectivity index (χ1n) is 6.48. The predicted molar refractivity (Wildman–Crippen MR) is 76.3 cm³/mol. The molecule has 0 bridgehead atoms. The Labute approximate surface area is 136 Å². The molecule has 1 aromatic carbocycles. The lowest BCUT2D eigenvalue weighted by Gasteiger charge is -2.10. The fraction of sp³-hybridized carbons (Fsp3) is 0.333. The zero-order valence-corrected chi connectivity index (χ0v) is 12.6. The minimum absolute atomic E-state index is 0.00293. The van der Waals surface area contributed by atoms with Crippen molar-refractivity contribution in [2.24, 2.45) is 10.8 Å². The van der Waals surface area contributed by atoms with Crippen molar-refractivity contribution in [2.45, 2.75) is 5.92 Å². The number of methoxy groups -OCH3 is 2. The van der Waals surface area contributed by atoms with Gasteiger partial charge >= 0.3 is 5.69 Å². The van der Waals surface area contributed by atoms with Gasteiger partial charge in [-0.2, -0.15) is 21.0 Å². The van der Waals surface area contributed by atoms with Gasteiger partial charge in [0, 0.05) is 6.07 Å². The number of hydrogen-bond donors (Lipinski definition) is 0. The van der Waals surface area contributed by atoms with Crippen LogP contribution in [0.4, 0.5) is 5.69 Å². The van der Waals surface area contributed by atoms with Crippen LogP contribution >= 0.6 is 0 Å². The minimum atomic E-state index is -1.90. The molecule has 1 aromatic rings. The highest BCUT2D eigenvalue weighted by Crippen LogP contribution is 2.73. The van der Waals surface area contributed by atoms with Crippen LogP contribution in [0.25, 0.3) is 0 Å². The number of ether oxygens (including phenoxy) is 2. The van der Waals surface area contributed by atoms with Crippen molar-refractivity contribution in [1.82, 2.24) is 0 Å². The van der Waals surface area contributed by atoms with Gasteiger partial charge in [-0.1, -0.05) is 0 Å². The van der Waals surface area contributed by atoms with E-state index in [1.165, 1.54) is 20.3 Å². The standard InChI is InChI=1S/C15H9N5O4/c1-23-11-4-9(3-10(20(21)22)12(11)24-2)13-14(5-16,6-17)15(13,7-18)8-19/h3-4,13H,1-2H3. The van der Waals surface area contributed by atoms with Crippen molar-refractivity contribution < 1.29 is 14.4 Å². The lowest BCUT2D eigenvalue weighted by Crippen LogP contribution is -2.05. The Morgan fingerprint density at radius 1 is 1.04 bits per heavy atom. The number of benzene rings is 1. The SMILES string of the molecule is COc1cc(C2C(C#N)(C#N)C2(C#N)C#N)cc([N+](=O)[O-])c1OC. The molecule has 1 saturated carbocycles. The summed E-state index contributed by atoms with van der Waals surface area (Å²) in [5, 5.41) is 48.6. The maximum Gasteiger partial charge on any atom is 0.315 e. The van der Waals surface area contributed by atoms with Crippen LogP contribution in [0, 0.1) is 66.3 Å². The van der Waals surface area contributed by atoms with Crippen molar-refractivity contribution in [2.75, 3.05) is 14.2 Å². The van der Waals surface area contributed by atoms with Crippen LogP contribution in [-0.2, 0) is 0 Å². The Kier molecular flexibility index (Phi) is 3.74. The summed E-state index contributed by atoms with van der Waals surface area (Å²) in [7, 11) is 2.49. The highest BCUT2D eigenvalue weighted by Gasteiger charge is 2.82. The molecule has 2 rings (SSSR count). The molecule has 0 aliphatic heterocycles. The minimum Gasteiger partial charge on any atom is -0.493 e. The van der Waals surface area contributed by atoms with Gasteiger partial charge in [-0.05, 0) is 11.6 Å². The quantitative estimate of drug-likeness (QED) is 0.599. The fourth-order valence-corrected chi connectivity index (χ4v) is 2.90. The lowest BCUT2D eigenvalue weighted by molar-refractivity contribution is -0.385. The van der Waals surface area contributed by atoms with E-state index in [0.29, 0.717) is 0 Å². The summed E-state index contributed by atoms with van der Waals surface area (Å²) in [5.41, 5.74) is -4.13. The third-order valence-electron chi connectivity index (χ3n) is 4.12. The normalized spacial score (nSPS) is 16.6. The predicted octanol–water partition coefficient (Wildman–Crippen LogP) is 1.78. The average molecular weight is 323 g/mol. The van der Waals surface area contributed by atoms with Crippen LogP contribution in [0.1, 0.15) is 11.5 Å². The molecule has 1 aliphatic carbocycles. The van der Waals surface area contributed by atoms with Crippen molar-refractivity contribution in [3.05, 3.63) is 27.8 Å². The number of rotatable bonds is 4. The smallest absolute Gasteiger partial charge is 0.315 e. The first-order chi connectivity index (χ1) is 11.4. The zero-order chi connectivity index (χ0) is 18.1. The van der Waals surface area contributed by atoms with Crippen molar-refractivity contribution in [3.63, 3.8) is 0 Å². The van der Waals surface area contributed by atoms with E-state index in [0.717, 1.165) is 6.07 Å². The van der Waals surface area contributed by atoms with E-state index < -0.39 is 27.4 Å². The van der Waals surface area contributed by atoms with Gasteiger partial charge in [-0.25, -0.2) is 0 Å². The third kappa shape index (κ3) is 1.76. The number of nitriles is 4. The monoisotopic (exact) mass is 323 g/mol. The highest BCUT2D eigenvalue weighted by molar-refractivity contribution is 5.65. The molecule has 0 aromatic heterocycles. The van der Waals surface area contributed by atoms with Gasteiger partial charge in [0.15, 0.2) is 16.6 Å². The molecule has 1 aliphatic rings. The molecule has 0 spiro atoms. The van der Waals surface area contributed by atoms with Gasteiger partial charge in [0.05, 0.1) is 49.3 Å². The summed E-state index contributed by atoms with van der Waals surface area (Å²) >= 11 is 0. The second-order valence-electron chi connectivity index (χ2n) is 5.03. The molecule has 0 radical (unpaired) electrons. The molecule has 1 fully saturated rings. The van der Waals surface area contributed by atoms with Crippen molar-refractivity contribution in [1.29, 1.82) is 21.0 Å². The van der Waals surface area contributed by atoms with Crippen molar-refractivity contribution in [3.8, 4) is 35.8 Å². The summed E-state index contributed by atoms with van der Waals surface area (Å²) in [5.74, 6) is -1.25. The van der Waals surface area contributed by atoms with Crippen LogP contribution < -0.4 is 9.47 Å². The number of nitro benzene ring substituents is 1. The Bertz CT molecular complexity index is 831. The average Bonchev–Trinajstić information content (AvgIpc) is 3.22. The Morgan fingerprint density at radius 3 is 1.88 bits per heavy atom. The maximum absolute atomic E-state index is 11.3. The van der Waals surface area contributed by atoms with Gasteiger partial charge in [0.25, 0.3) is 0 Å². The van der Waals surface area contributed by atoms with Gasteiger partial charge < -0.3 is 9.47 Å². The van der Waals surface area contributed by atoms with E-state index in [2.05, 4.69) is 0 Å². The number of nitrogens with zero attached hydrogens (tertiary/aromatic N) is 5. The Hall–Kier alpha value is -3.82. The number of hydrogen-bond acceptors (Lipinski definition) is 8. The van der Waals surface area contributed by atoms with E-state index >= 15 is 0 Å². The topological polar surface area (TPSA) is 157 Å². The summed E-state index contributed by atoms with van der Waals surface area (Å²) in [6.07, 6.45) is 0. The van der Waals surface area contributed by atoms with Crippen molar-refractivity contribution >= 4 is 5.69 Å². The van der Waals surface area contributed by atoms with Gasteiger partial charge in [0.1, 0.15) is 0 Å². The molecule has 24 heavy (non-hydrogen) atoms. The lowest BCUT2D eigenvalue weighted by atomic mass is 9.98. The van der Waals surface area contributed by atoms with Gasteiger partial charge in [-0.15, -0.1) is 0 Å². The van der Waals surface area contributed by atoms with E-state index in [1.54, 1.807) is 24.3 Å². The van der Waals surface area contributed by atoms with Crippen LogP contribution in [0.2, 0.25) is 0 Å². The second-order valence-corrected chi connectivity index (χ2v) is 5.03. The van der Waals surface area contributed by atoms with Crippen LogP contribution in [-0.4, -0.2) is 19.1 Å². The molecule has 0 N–H and O–H groups in total. The first-order valence-corrected chi connectivity index (χ1v) is 6.48. The first kappa shape index (κ1) is 16.5. The Balaban J connectivity index is 2.76. The van der Waals surface area contributed by atoms with Crippen LogP contribution in [0.5, 0.6) is 11.5 Å². The molecular weight excluding hydrogens is 314 g/mol. The molecule has 0 atom stereocenters. The van der Waals surface area contributed by atoms with Crippen LogP contribution in [0.15, 0.2) is 12.1 Å². The van der Waals surface area contributed by atoms with E-state index in [-0.39, 0.29) is 17.1 Å². The second kappa shape index (κ2) is 5.43. The molecule has 0 amide bonds. The van der Waals surface area contributed by atoms with E-state index in [1.807, 2.05) is 0 Å². The molecule has 9 nitrogen and oxygen atoms in total. The van der Waals surface area contributed by atoms with Gasteiger partial charge in [0.2, 0.25) is 5.75 Å². The largest absolute Gasteiger partial charge is 0.493 e. The summed E-state index contributed by atoms with van der Waals surface area (Å²) < 4.78 is 10.0. The zero-order valence-electron chi connectivity index (χ0n) is 12.6. The Morgan fingerprint density at radius 2 is 1.54 bits per heavy atom. The fourth-order valence-electron chi connectivity index (χ4n) is 2.90. The van der Waals surface area contributed by atoms with E-state index in [4.69, 9.17) is 9.47 Å². The third-order valence-corrected chi connectivity index (χ3v) is 4.12. The molecule has 9 heteroatoms. The van der Waals surface area contributed by atoms with Gasteiger partial charge in [-0.3, -0.25) is 10.1 Å². The maximum atomic E-state index is 11.3. The highest BCUT2D eigenvalue weighted by atomic mass is 16.6. The van der Waals surface area contributed by atoms with Crippen LogP contribution in [0.3, 0.4) is 0 Å². The molecule has 0 unspecified atom stereocenters. The summed E-state index contributed by atoms with van der Waals surface area (Å²) in [6, 6.07) is 9.26. The molecule has 0 saturated heterocycles. The molecular formula is C15H9N5O4. The summed E-state index contributed by atoms with van der Waals surface area (Å²) in [4.78, 5) is 10.5. The molecule has 118 valence electrons. The molecule has 0 heterocycles.